The number of benzene rings is 3. The largest absolute Gasteiger partial charge is 0.350 e. The third kappa shape index (κ3) is 4.32. The van der Waals surface area contributed by atoms with Gasteiger partial charge in [-0.3, -0.25) is 14.5 Å². The molecule has 3 aromatic carbocycles. The molecule has 1 aliphatic rings. The summed E-state index contributed by atoms with van der Waals surface area (Å²) in [7, 11) is 0. The molecule has 0 spiro atoms. The molecule has 0 radical (unpaired) electrons. The van der Waals surface area contributed by atoms with Crippen LogP contribution in [0, 0.1) is 13.8 Å². The summed E-state index contributed by atoms with van der Waals surface area (Å²) in [5.74, 6) is -0.635. The summed E-state index contributed by atoms with van der Waals surface area (Å²) in [5.41, 5.74) is 6.35. The van der Waals surface area contributed by atoms with E-state index in [2.05, 4.69) is 12.2 Å². The first kappa shape index (κ1) is 21.8. The molecular formula is C27H25ClN2O2. The molecular weight excluding hydrogens is 420 g/mol. The van der Waals surface area contributed by atoms with Gasteiger partial charge < -0.3 is 5.32 Å². The second kappa shape index (κ2) is 9.01. The maximum absolute atomic E-state index is 13.5. The zero-order valence-corrected chi connectivity index (χ0v) is 19.2. The first-order valence-corrected chi connectivity index (χ1v) is 11.0. The Hall–Kier alpha value is -3.37. The van der Waals surface area contributed by atoms with Crippen LogP contribution in [-0.4, -0.2) is 16.7 Å². The number of carbonyl (C=O) groups excluding carboxylic acids is 2. The molecule has 4 rings (SSSR count). The number of nitrogens with zero attached hydrogens (tertiary/aromatic N) is 1. The molecule has 1 heterocycles. The van der Waals surface area contributed by atoms with Crippen LogP contribution in [0.2, 0.25) is 5.02 Å². The quantitative estimate of drug-likeness (QED) is 0.480. The molecule has 3 aromatic rings. The van der Waals surface area contributed by atoms with Gasteiger partial charge in [0.05, 0.1) is 12.1 Å². The summed E-state index contributed by atoms with van der Waals surface area (Å²) >= 11 is 5.99. The van der Waals surface area contributed by atoms with Crippen molar-refractivity contribution in [2.24, 2.45) is 0 Å². The summed E-state index contributed by atoms with van der Waals surface area (Å²) in [4.78, 5) is 28.2. The second-order valence-electron chi connectivity index (χ2n) is 8.07. The van der Waals surface area contributed by atoms with Crippen LogP contribution in [0.3, 0.4) is 0 Å². The molecule has 4 nitrogen and oxygen atoms in total. The Morgan fingerprint density at radius 3 is 2.12 bits per heavy atom. The van der Waals surface area contributed by atoms with E-state index in [1.54, 1.807) is 12.1 Å². The molecule has 0 saturated heterocycles. The van der Waals surface area contributed by atoms with E-state index >= 15 is 0 Å². The van der Waals surface area contributed by atoms with Gasteiger partial charge in [0.1, 0.15) is 5.70 Å². The van der Waals surface area contributed by atoms with E-state index in [9.17, 15) is 9.59 Å². The number of aryl methyl sites for hydroxylation is 3. The minimum atomic E-state index is -0.334. The van der Waals surface area contributed by atoms with Gasteiger partial charge >= 0.3 is 0 Å². The molecule has 1 N–H and O–H groups in total. The van der Waals surface area contributed by atoms with Gasteiger partial charge in [0.25, 0.3) is 11.8 Å². The van der Waals surface area contributed by atoms with Crippen LogP contribution in [0.4, 0.5) is 5.69 Å². The Bertz CT molecular complexity index is 1210. The van der Waals surface area contributed by atoms with Crippen molar-refractivity contribution in [1.82, 2.24) is 4.90 Å². The standard InChI is InChI=1S/C27H25ClN2O2/c1-4-19-8-12-22(13-9-19)29-25-24(23-14-5-17(2)15-18(23)3)26(31)30(27(25)32)16-20-6-10-21(28)11-7-20/h5-15,29H,4,16H2,1-3H3. The number of rotatable bonds is 6. The lowest BCUT2D eigenvalue weighted by atomic mass is 9.97. The Labute approximate surface area is 193 Å². The molecule has 0 fully saturated rings. The lowest BCUT2D eigenvalue weighted by Crippen LogP contribution is -2.32. The summed E-state index contributed by atoms with van der Waals surface area (Å²) in [5, 5.41) is 3.85. The highest BCUT2D eigenvalue weighted by molar-refractivity contribution is 6.36. The van der Waals surface area contributed by atoms with E-state index in [1.807, 2.05) is 68.4 Å². The Balaban J connectivity index is 1.75. The normalized spacial score (nSPS) is 13.8. The average Bonchev–Trinajstić information content (AvgIpc) is 3.00. The molecule has 0 saturated carbocycles. The number of amides is 2. The van der Waals surface area contributed by atoms with Gasteiger partial charge in [-0.15, -0.1) is 0 Å². The average molecular weight is 445 g/mol. The van der Waals surface area contributed by atoms with Crippen LogP contribution in [-0.2, 0) is 22.6 Å². The number of anilines is 1. The number of hydrogen-bond donors (Lipinski definition) is 1. The first-order valence-electron chi connectivity index (χ1n) is 10.7. The summed E-state index contributed by atoms with van der Waals surface area (Å²) < 4.78 is 0. The summed E-state index contributed by atoms with van der Waals surface area (Å²) in [6.45, 7) is 6.25. The molecule has 5 heteroatoms. The molecule has 32 heavy (non-hydrogen) atoms. The van der Waals surface area contributed by atoms with Crippen molar-refractivity contribution in [3.05, 3.63) is 105 Å². The van der Waals surface area contributed by atoms with E-state index in [4.69, 9.17) is 11.6 Å². The van der Waals surface area contributed by atoms with E-state index < -0.39 is 0 Å². The van der Waals surface area contributed by atoms with Crippen LogP contribution in [0.15, 0.2) is 72.4 Å². The van der Waals surface area contributed by atoms with Crippen LogP contribution < -0.4 is 5.32 Å². The third-order valence-electron chi connectivity index (χ3n) is 5.70. The van der Waals surface area contributed by atoms with Gasteiger partial charge in [-0.2, -0.15) is 0 Å². The van der Waals surface area contributed by atoms with Gasteiger partial charge in [-0.1, -0.05) is 66.6 Å². The molecule has 0 atom stereocenters. The summed E-state index contributed by atoms with van der Waals surface area (Å²) in [6.07, 6.45) is 0.934. The predicted octanol–water partition coefficient (Wildman–Crippen LogP) is 5.91. The maximum atomic E-state index is 13.5. The van der Waals surface area contributed by atoms with Crippen molar-refractivity contribution in [2.75, 3.05) is 5.32 Å². The lowest BCUT2D eigenvalue weighted by molar-refractivity contribution is -0.137. The SMILES string of the molecule is CCc1ccc(NC2=C(c3ccc(C)cc3C)C(=O)N(Cc3ccc(Cl)cc3)C2=O)cc1. The van der Waals surface area contributed by atoms with Crippen molar-refractivity contribution in [1.29, 1.82) is 0 Å². The number of hydrogen-bond acceptors (Lipinski definition) is 3. The van der Waals surface area contributed by atoms with Crippen LogP contribution >= 0.6 is 11.6 Å². The number of halogens is 1. The van der Waals surface area contributed by atoms with Crippen LogP contribution in [0.5, 0.6) is 0 Å². The number of imide groups is 1. The number of nitrogens with one attached hydrogen (secondary N) is 1. The minimum Gasteiger partial charge on any atom is -0.350 e. The van der Waals surface area contributed by atoms with Crippen molar-refractivity contribution in [3.63, 3.8) is 0 Å². The van der Waals surface area contributed by atoms with Crippen molar-refractivity contribution in [3.8, 4) is 0 Å². The first-order chi connectivity index (χ1) is 15.4. The molecule has 0 unspecified atom stereocenters. The lowest BCUT2D eigenvalue weighted by Gasteiger charge is -2.16. The van der Waals surface area contributed by atoms with Crippen molar-refractivity contribution >= 4 is 34.7 Å². The highest BCUT2D eigenvalue weighted by atomic mass is 35.5. The molecule has 0 aliphatic carbocycles. The monoisotopic (exact) mass is 444 g/mol. The molecule has 0 aromatic heterocycles. The van der Waals surface area contributed by atoms with Gasteiger partial charge in [-0.05, 0) is 66.8 Å². The Morgan fingerprint density at radius 1 is 0.844 bits per heavy atom. The fraction of sp³-hybridized carbons (Fsp3) is 0.185. The van der Waals surface area contributed by atoms with Gasteiger partial charge in [0, 0.05) is 10.7 Å². The minimum absolute atomic E-state index is 0.184. The molecule has 162 valence electrons. The number of carbonyl (C=O) groups is 2. The van der Waals surface area contributed by atoms with Crippen molar-refractivity contribution in [2.45, 2.75) is 33.7 Å². The summed E-state index contributed by atoms with van der Waals surface area (Å²) in [6, 6.07) is 21.0. The van der Waals surface area contributed by atoms with E-state index in [0.29, 0.717) is 16.3 Å². The Kier molecular flexibility index (Phi) is 6.15. The van der Waals surface area contributed by atoms with Crippen molar-refractivity contribution < 1.29 is 9.59 Å². The zero-order valence-electron chi connectivity index (χ0n) is 18.4. The van der Waals surface area contributed by atoms with E-state index in [0.717, 1.165) is 34.4 Å². The second-order valence-corrected chi connectivity index (χ2v) is 8.50. The molecule has 1 aliphatic heterocycles. The zero-order chi connectivity index (χ0) is 22.8. The highest BCUT2D eigenvalue weighted by Crippen LogP contribution is 2.33. The van der Waals surface area contributed by atoms with E-state index in [-0.39, 0.29) is 18.4 Å². The highest BCUT2D eigenvalue weighted by Gasteiger charge is 2.39. The fourth-order valence-electron chi connectivity index (χ4n) is 3.92. The topological polar surface area (TPSA) is 49.4 Å². The smallest absolute Gasteiger partial charge is 0.278 e. The Morgan fingerprint density at radius 2 is 1.50 bits per heavy atom. The molecule has 2 amide bonds. The molecule has 0 bridgehead atoms. The van der Waals surface area contributed by atoms with Gasteiger partial charge in [-0.25, -0.2) is 0 Å². The fourth-order valence-corrected chi connectivity index (χ4v) is 4.05. The van der Waals surface area contributed by atoms with Gasteiger partial charge in [0.2, 0.25) is 0 Å². The van der Waals surface area contributed by atoms with Crippen LogP contribution in [0.1, 0.15) is 34.7 Å². The van der Waals surface area contributed by atoms with Gasteiger partial charge in [0.15, 0.2) is 0 Å². The maximum Gasteiger partial charge on any atom is 0.278 e. The predicted molar refractivity (Wildman–Crippen MR) is 129 cm³/mol. The third-order valence-corrected chi connectivity index (χ3v) is 5.96. The van der Waals surface area contributed by atoms with E-state index in [1.165, 1.54) is 10.5 Å². The van der Waals surface area contributed by atoms with Crippen LogP contribution in [0.25, 0.3) is 5.57 Å².